The van der Waals surface area contributed by atoms with Crippen LogP contribution in [0.4, 0.5) is 5.69 Å². The van der Waals surface area contributed by atoms with Crippen LogP contribution in [0.15, 0.2) is 46.3 Å². The molecular weight excluding hydrogens is 254 g/mol. The average Bonchev–Trinajstić information content (AvgIpc) is 2.81. The van der Waals surface area contributed by atoms with E-state index in [4.69, 9.17) is 5.73 Å². The molecule has 1 heterocycles. The summed E-state index contributed by atoms with van der Waals surface area (Å²) < 4.78 is 0. The van der Waals surface area contributed by atoms with E-state index in [1.165, 1.54) is 16.0 Å². The average molecular weight is 269 g/mol. The summed E-state index contributed by atoms with van der Waals surface area (Å²) >= 11 is 1.70. The van der Waals surface area contributed by atoms with Crippen LogP contribution >= 0.6 is 11.8 Å². The molecule has 0 bridgehead atoms. The number of benzene rings is 2. The van der Waals surface area contributed by atoms with Crippen LogP contribution in [-0.2, 0) is 0 Å². The molecule has 4 heteroatoms. The van der Waals surface area contributed by atoms with E-state index in [1.54, 1.807) is 18.0 Å². The quantitative estimate of drug-likeness (QED) is 0.693. The monoisotopic (exact) mass is 269 g/mol. The summed E-state index contributed by atoms with van der Waals surface area (Å²) in [5.74, 6) is 0. The van der Waals surface area contributed by atoms with E-state index < -0.39 is 0 Å². The van der Waals surface area contributed by atoms with Gasteiger partial charge in [0, 0.05) is 20.9 Å². The van der Waals surface area contributed by atoms with Crippen molar-refractivity contribution in [2.45, 2.75) is 23.6 Å². The van der Waals surface area contributed by atoms with E-state index >= 15 is 0 Å². The molecule has 0 saturated heterocycles. The molecule has 3 N–H and O–H groups in total. The van der Waals surface area contributed by atoms with Crippen molar-refractivity contribution >= 4 is 28.4 Å². The molecule has 0 saturated carbocycles. The number of nitrogens with zero attached hydrogens (tertiary/aromatic N) is 1. The molecule has 0 atom stereocenters. The van der Waals surface area contributed by atoms with E-state index in [1.807, 2.05) is 6.07 Å². The number of anilines is 1. The van der Waals surface area contributed by atoms with Crippen molar-refractivity contribution < 1.29 is 0 Å². The Morgan fingerprint density at radius 3 is 2.79 bits per heavy atom. The van der Waals surface area contributed by atoms with Crippen LogP contribution in [0.1, 0.15) is 11.1 Å². The molecule has 0 spiro atoms. The zero-order valence-corrected chi connectivity index (χ0v) is 11.7. The van der Waals surface area contributed by atoms with E-state index in [-0.39, 0.29) is 0 Å². The van der Waals surface area contributed by atoms with Gasteiger partial charge in [-0.25, -0.2) is 0 Å². The highest BCUT2D eigenvalue weighted by Gasteiger charge is 2.07. The number of H-pyrrole nitrogens is 1. The molecule has 0 unspecified atom stereocenters. The molecule has 0 radical (unpaired) electrons. The number of fused-ring (bicyclic) bond motifs is 1. The molecule has 3 nitrogen and oxygen atoms in total. The Morgan fingerprint density at radius 2 is 1.95 bits per heavy atom. The number of aryl methyl sites for hydroxylation is 2. The Kier molecular flexibility index (Phi) is 2.95. The maximum atomic E-state index is 6.12. The van der Waals surface area contributed by atoms with Crippen molar-refractivity contribution in [3.63, 3.8) is 0 Å². The second-order valence-corrected chi connectivity index (χ2v) is 5.80. The summed E-state index contributed by atoms with van der Waals surface area (Å²) in [7, 11) is 0. The third kappa shape index (κ3) is 2.31. The molecule has 1 aromatic heterocycles. The highest BCUT2D eigenvalue weighted by molar-refractivity contribution is 7.99. The molecule has 2 aromatic carbocycles. The van der Waals surface area contributed by atoms with E-state index in [2.05, 4.69) is 48.3 Å². The van der Waals surface area contributed by atoms with Crippen molar-refractivity contribution in [3.05, 3.63) is 47.7 Å². The van der Waals surface area contributed by atoms with Crippen LogP contribution < -0.4 is 5.73 Å². The van der Waals surface area contributed by atoms with Gasteiger partial charge in [-0.1, -0.05) is 23.9 Å². The molecule has 0 aliphatic rings. The largest absolute Gasteiger partial charge is 0.398 e. The Hall–Kier alpha value is -1.94. The molecule has 0 fully saturated rings. The predicted molar refractivity (Wildman–Crippen MR) is 80.5 cm³/mol. The second kappa shape index (κ2) is 4.63. The van der Waals surface area contributed by atoms with Crippen molar-refractivity contribution in [3.8, 4) is 0 Å². The minimum Gasteiger partial charge on any atom is -0.398 e. The van der Waals surface area contributed by atoms with Crippen LogP contribution in [0.5, 0.6) is 0 Å². The van der Waals surface area contributed by atoms with Gasteiger partial charge in [0.1, 0.15) is 0 Å². The minimum atomic E-state index is 0.791. The molecule has 0 aliphatic carbocycles. The third-order valence-corrected chi connectivity index (χ3v) is 4.37. The van der Waals surface area contributed by atoms with Gasteiger partial charge in [0.2, 0.25) is 0 Å². The second-order valence-electron chi connectivity index (χ2n) is 4.72. The third-order valence-electron chi connectivity index (χ3n) is 3.13. The minimum absolute atomic E-state index is 0.791. The van der Waals surface area contributed by atoms with Gasteiger partial charge in [-0.15, -0.1) is 0 Å². The highest BCUT2D eigenvalue weighted by atomic mass is 32.2. The topological polar surface area (TPSA) is 54.7 Å². The first-order valence-corrected chi connectivity index (χ1v) is 6.93. The van der Waals surface area contributed by atoms with Gasteiger partial charge in [0.25, 0.3) is 0 Å². The van der Waals surface area contributed by atoms with Crippen molar-refractivity contribution in [2.24, 2.45) is 0 Å². The zero-order chi connectivity index (χ0) is 13.4. The van der Waals surface area contributed by atoms with Crippen LogP contribution in [0, 0.1) is 13.8 Å². The normalized spacial score (nSPS) is 11.1. The van der Waals surface area contributed by atoms with Gasteiger partial charge < -0.3 is 5.73 Å². The van der Waals surface area contributed by atoms with Gasteiger partial charge >= 0.3 is 0 Å². The van der Waals surface area contributed by atoms with Gasteiger partial charge in [-0.3, -0.25) is 5.10 Å². The zero-order valence-electron chi connectivity index (χ0n) is 10.9. The standard InChI is InChI=1S/C15H15N3S/c1-9-3-4-10(2)14(5-9)19-15-7-13-11(6-12(15)16)8-17-18-13/h3-8H,16H2,1-2H3,(H,17,18). The van der Waals surface area contributed by atoms with E-state index in [0.717, 1.165) is 21.5 Å². The first-order chi connectivity index (χ1) is 9.13. The fourth-order valence-electron chi connectivity index (χ4n) is 2.01. The summed E-state index contributed by atoms with van der Waals surface area (Å²) in [6.07, 6.45) is 1.79. The maximum absolute atomic E-state index is 6.12. The molecule has 3 aromatic rings. The fourth-order valence-corrected chi connectivity index (χ4v) is 3.08. The summed E-state index contributed by atoms with van der Waals surface area (Å²) in [5.41, 5.74) is 10.4. The van der Waals surface area contributed by atoms with Crippen molar-refractivity contribution in [2.75, 3.05) is 5.73 Å². The van der Waals surface area contributed by atoms with Gasteiger partial charge in [0.05, 0.1) is 11.7 Å². The summed E-state index contributed by atoms with van der Waals surface area (Å²) in [4.78, 5) is 2.30. The summed E-state index contributed by atoms with van der Waals surface area (Å²) in [6.45, 7) is 4.22. The lowest BCUT2D eigenvalue weighted by Gasteiger charge is -2.09. The van der Waals surface area contributed by atoms with Gasteiger partial charge in [-0.2, -0.15) is 5.10 Å². The number of rotatable bonds is 2. The Balaban J connectivity index is 2.04. The molecule has 3 rings (SSSR count). The smallest absolute Gasteiger partial charge is 0.0663 e. The van der Waals surface area contributed by atoms with Crippen LogP contribution in [0.2, 0.25) is 0 Å². The molecule has 0 aliphatic heterocycles. The SMILES string of the molecule is Cc1ccc(C)c(Sc2cc3[nH]ncc3cc2N)c1. The first-order valence-electron chi connectivity index (χ1n) is 6.11. The molecular formula is C15H15N3S. The lowest BCUT2D eigenvalue weighted by atomic mass is 10.2. The molecule has 0 amide bonds. The highest BCUT2D eigenvalue weighted by Crippen LogP contribution is 2.36. The fraction of sp³-hybridized carbons (Fsp3) is 0.133. The Labute approximate surface area is 116 Å². The van der Waals surface area contributed by atoms with E-state index in [0.29, 0.717) is 0 Å². The number of nitrogen functional groups attached to an aromatic ring is 1. The van der Waals surface area contributed by atoms with Gasteiger partial charge in [-0.05, 0) is 43.2 Å². The molecule has 96 valence electrons. The number of aromatic amines is 1. The van der Waals surface area contributed by atoms with Crippen molar-refractivity contribution in [1.29, 1.82) is 0 Å². The number of nitrogens with one attached hydrogen (secondary N) is 1. The lowest BCUT2D eigenvalue weighted by Crippen LogP contribution is -1.89. The van der Waals surface area contributed by atoms with Crippen molar-refractivity contribution in [1.82, 2.24) is 10.2 Å². The number of hydrogen-bond acceptors (Lipinski definition) is 3. The van der Waals surface area contributed by atoms with Gasteiger partial charge in [0.15, 0.2) is 0 Å². The van der Waals surface area contributed by atoms with Crippen LogP contribution in [0.25, 0.3) is 10.9 Å². The molecule has 19 heavy (non-hydrogen) atoms. The number of nitrogens with two attached hydrogens (primary N) is 1. The van der Waals surface area contributed by atoms with Crippen LogP contribution in [-0.4, -0.2) is 10.2 Å². The maximum Gasteiger partial charge on any atom is 0.0663 e. The summed E-state index contributed by atoms with van der Waals surface area (Å²) in [6, 6.07) is 10.5. The number of aromatic nitrogens is 2. The Bertz CT molecular complexity index is 746. The van der Waals surface area contributed by atoms with E-state index in [9.17, 15) is 0 Å². The predicted octanol–water partition coefficient (Wildman–Crippen LogP) is 3.91. The van der Waals surface area contributed by atoms with Crippen LogP contribution in [0.3, 0.4) is 0 Å². The number of hydrogen-bond donors (Lipinski definition) is 2. The summed E-state index contributed by atoms with van der Waals surface area (Å²) in [5, 5.41) is 8.06. The lowest BCUT2D eigenvalue weighted by molar-refractivity contribution is 1.12. The Morgan fingerprint density at radius 1 is 1.11 bits per heavy atom. The first kappa shape index (κ1) is 12.1.